The van der Waals surface area contributed by atoms with Crippen LogP contribution in [-0.4, -0.2) is 50.9 Å². The first-order valence-corrected chi connectivity index (χ1v) is 15.0. The molecular formula is C31H39N3O5S. The summed E-state index contributed by atoms with van der Waals surface area (Å²) in [5, 5.41) is 2.85. The zero-order valence-electron chi connectivity index (χ0n) is 23.9. The van der Waals surface area contributed by atoms with Gasteiger partial charge in [-0.25, -0.2) is 8.42 Å². The molecule has 0 fully saturated rings. The van der Waals surface area contributed by atoms with Gasteiger partial charge in [0.05, 0.1) is 17.2 Å². The molecule has 3 aromatic carbocycles. The van der Waals surface area contributed by atoms with E-state index in [1.165, 1.54) is 17.0 Å². The fourth-order valence-electron chi connectivity index (χ4n) is 4.19. The number of anilines is 1. The average Bonchev–Trinajstić information content (AvgIpc) is 2.94. The van der Waals surface area contributed by atoms with Crippen LogP contribution in [0.5, 0.6) is 5.75 Å². The SMILES string of the molecule is CCCNC(=O)[C@H](C)N(Cc1ccccc1C)C(=O)CN(c1ccc(C)cc1)S(=O)(=O)c1ccc(OCC)cc1. The Bertz CT molecular complexity index is 1390. The van der Waals surface area contributed by atoms with Gasteiger partial charge in [-0.15, -0.1) is 0 Å². The smallest absolute Gasteiger partial charge is 0.264 e. The molecule has 1 atom stereocenters. The lowest BCUT2D eigenvalue weighted by Crippen LogP contribution is -2.51. The maximum Gasteiger partial charge on any atom is 0.264 e. The molecule has 40 heavy (non-hydrogen) atoms. The van der Waals surface area contributed by atoms with E-state index in [0.717, 1.165) is 27.4 Å². The van der Waals surface area contributed by atoms with Crippen molar-refractivity contribution < 1.29 is 22.7 Å². The van der Waals surface area contributed by atoms with E-state index in [4.69, 9.17) is 4.74 Å². The van der Waals surface area contributed by atoms with Crippen molar-refractivity contribution in [3.63, 3.8) is 0 Å². The second-order valence-corrected chi connectivity index (χ2v) is 11.5. The van der Waals surface area contributed by atoms with Crippen molar-refractivity contribution in [3.8, 4) is 5.75 Å². The molecule has 0 heterocycles. The summed E-state index contributed by atoms with van der Waals surface area (Å²) in [4.78, 5) is 28.4. The molecule has 0 radical (unpaired) electrons. The molecule has 0 saturated carbocycles. The molecule has 1 N–H and O–H groups in total. The third kappa shape index (κ3) is 7.63. The molecule has 2 amide bonds. The van der Waals surface area contributed by atoms with Crippen molar-refractivity contribution in [2.24, 2.45) is 0 Å². The number of hydrogen-bond donors (Lipinski definition) is 1. The van der Waals surface area contributed by atoms with E-state index in [1.54, 1.807) is 43.3 Å². The topological polar surface area (TPSA) is 96.0 Å². The maximum absolute atomic E-state index is 14.0. The maximum atomic E-state index is 14.0. The number of benzene rings is 3. The summed E-state index contributed by atoms with van der Waals surface area (Å²) in [6.45, 7) is 9.93. The van der Waals surface area contributed by atoms with Crippen molar-refractivity contribution >= 4 is 27.5 Å². The Kier molecular flexibility index (Phi) is 10.7. The Morgan fingerprint density at radius 1 is 0.925 bits per heavy atom. The van der Waals surface area contributed by atoms with Gasteiger partial charge in [0.15, 0.2) is 0 Å². The lowest BCUT2D eigenvalue weighted by Gasteiger charge is -2.32. The molecule has 3 rings (SSSR count). The van der Waals surface area contributed by atoms with Crippen LogP contribution in [0.3, 0.4) is 0 Å². The quantitative estimate of drug-likeness (QED) is 0.320. The van der Waals surface area contributed by atoms with Crippen molar-refractivity contribution in [1.29, 1.82) is 0 Å². The van der Waals surface area contributed by atoms with Gasteiger partial charge in [-0.1, -0.05) is 48.9 Å². The Labute approximate surface area is 238 Å². The summed E-state index contributed by atoms with van der Waals surface area (Å²) in [6, 6.07) is 19.9. The monoisotopic (exact) mass is 565 g/mol. The van der Waals surface area contributed by atoms with Crippen LogP contribution in [0.2, 0.25) is 0 Å². The van der Waals surface area contributed by atoms with E-state index in [9.17, 15) is 18.0 Å². The second kappa shape index (κ2) is 14.0. The highest BCUT2D eigenvalue weighted by molar-refractivity contribution is 7.92. The zero-order chi connectivity index (χ0) is 29.3. The van der Waals surface area contributed by atoms with Crippen LogP contribution in [0.1, 0.15) is 43.9 Å². The minimum absolute atomic E-state index is 0.0310. The zero-order valence-corrected chi connectivity index (χ0v) is 24.7. The second-order valence-electron chi connectivity index (χ2n) is 9.67. The first-order valence-electron chi connectivity index (χ1n) is 13.5. The lowest BCUT2D eigenvalue weighted by atomic mass is 10.1. The van der Waals surface area contributed by atoms with Crippen LogP contribution in [0, 0.1) is 13.8 Å². The molecule has 0 aromatic heterocycles. The third-order valence-corrected chi connectivity index (χ3v) is 8.43. The summed E-state index contributed by atoms with van der Waals surface area (Å²) in [5.74, 6) is -0.228. The van der Waals surface area contributed by atoms with Crippen molar-refractivity contribution in [2.75, 3.05) is 24.0 Å². The van der Waals surface area contributed by atoms with E-state index in [-0.39, 0.29) is 17.3 Å². The summed E-state index contributed by atoms with van der Waals surface area (Å²) in [7, 11) is -4.14. The van der Waals surface area contributed by atoms with Crippen LogP contribution in [0.25, 0.3) is 0 Å². The van der Waals surface area contributed by atoms with E-state index >= 15 is 0 Å². The minimum Gasteiger partial charge on any atom is -0.494 e. The molecule has 0 unspecified atom stereocenters. The Morgan fingerprint density at radius 2 is 1.57 bits per heavy atom. The van der Waals surface area contributed by atoms with Gasteiger partial charge in [-0.3, -0.25) is 13.9 Å². The predicted molar refractivity (Wildman–Crippen MR) is 158 cm³/mol. The van der Waals surface area contributed by atoms with Crippen LogP contribution >= 0.6 is 0 Å². The van der Waals surface area contributed by atoms with Crippen molar-refractivity contribution in [2.45, 2.75) is 58.5 Å². The average molecular weight is 566 g/mol. The van der Waals surface area contributed by atoms with Crippen LogP contribution in [0.15, 0.2) is 77.7 Å². The highest BCUT2D eigenvalue weighted by atomic mass is 32.2. The first kappa shape index (κ1) is 30.7. The Balaban J connectivity index is 2.01. The molecule has 9 heteroatoms. The third-order valence-electron chi connectivity index (χ3n) is 6.64. The number of amides is 2. The van der Waals surface area contributed by atoms with Gasteiger partial charge in [0.1, 0.15) is 18.3 Å². The van der Waals surface area contributed by atoms with E-state index in [1.807, 2.05) is 52.0 Å². The number of sulfonamides is 1. The molecule has 0 aliphatic heterocycles. The van der Waals surface area contributed by atoms with Crippen LogP contribution < -0.4 is 14.4 Å². The van der Waals surface area contributed by atoms with E-state index in [0.29, 0.717) is 24.6 Å². The van der Waals surface area contributed by atoms with Gasteiger partial charge in [-0.05, 0) is 81.6 Å². The van der Waals surface area contributed by atoms with E-state index in [2.05, 4.69) is 5.32 Å². The number of carbonyl (C=O) groups is 2. The number of ether oxygens (including phenoxy) is 1. The fourth-order valence-corrected chi connectivity index (χ4v) is 5.61. The Morgan fingerprint density at radius 3 is 2.17 bits per heavy atom. The molecule has 0 aliphatic rings. The summed E-state index contributed by atoms with van der Waals surface area (Å²) in [5.41, 5.74) is 3.16. The van der Waals surface area contributed by atoms with Gasteiger partial charge >= 0.3 is 0 Å². The Hall–Kier alpha value is -3.85. The molecule has 0 aliphatic carbocycles. The fraction of sp³-hybridized carbons (Fsp3) is 0.355. The molecular weight excluding hydrogens is 526 g/mol. The number of carbonyl (C=O) groups excluding carboxylic acids is 2. The highest BCUT2D eigenvalue weighted by Gasteiger charge is 2.32. The normalized spacial score (nSPS) is 11.9. The number of hydrogen-bond acceptors (Lipinski definition) is 5. The number of nitrogens with zero attached hydrogens (tertiary/aromatic N) is 2. The van der Waals surface area contributed by atoms with Gasteiger partial charge < -0.3 is 15.0 Å². The predicted octanol–water partition coefficient (Wildman–Crippen LogP) is 4.84. The van der Waals surface area contributed by atoms with Gasteiger partial charge in [0, 0.05) is 13.1 Å². The molecule has 0 saturated heterocycles. The highest BCUT2D eigenvalue weighted by Crippen LogP contribution is 2.26. The number of rotatable bonds is 13. The summed E-state index contributed by atoms with van der Waals surface area (Å²) < 4.78 is 34.4. The van der Waals surface area contributed by atoms with E-state index < -0.39 is 28.5 Å². The first-order chi connectivity index (χ1) is 19.1. The van der Waals surface area contributed by atoms with Crippen LogP contribution in [0.4, 0.5) is 5.69 Å². The molecule has 214 valence electrons. The molecule has 0 bridgehead atoms. The van der Waals surface area contributed by atoms with Crippen molar-refractivity contribution in [1.82, 2.24) is 10.2 Å². The molecule has 3 aromatic rings. The molecule has 8 nitrogen and oxygen atoms in total. The number of nitrogens with one attached hydrogen (secondary N) is 1. The van der Waals surface area contributed by atoms with Crippen molar-refractivity contribution in [3.05, 3.63) is 89.5 Å². The number of aryl methyl sites for hydroxylation is 2. The minimum atomic E-state index is -4.14. The van der Waals surface area contributed by atoms with Gasteiger partial charge in [0.25, 0.3) is 10.0 Å². The largest absolute Gasteiger partial charge is 0.494 e. The summed E-state index contributed by atoms with van der Waals surface area (Å²) >= 11 is 0. The lowest BCUT2D eigenvalue weighted by molar-refractivity contribution is -0.139. The van der Waals surface area contributed by atoms with Crippen LogP contribution in [-0.2, 0) is 26.2 Å². The molecule has 0 spiro atoms. The van der Waals surface area contributed by atoms with Gasteiger partial charge in [0.2, 0.25) is 11.8 Å². The van der Waals surface area contributed by atoms with Gasteiger partial charge in [-0.2, -0.15) is 0 Å². The standard InChI is InChI=1S/C31H39N3O5S/c1-6-20-32-31(36)25(5)33(21-26-11-9-8-10-24(26)4)30(35)22-34(27-14-12-23(3)13-15-27)40(37,38)29-18-16-28(17-19-29)39-7-2/h8-19,25H,6-7,20-22H2,1-5H3,(H,32,36)/t25-/m0/s1. The summed E-state index contributed by atoms with van der Waals surface area (Å²) in [6.07, 6.45) is 0.756.